The van der Waals surface area contributed by atoms with Gasteiger partial charge in [0, 0.05) is 12.7 Å². The molecule has 0 radical (unpaired) electrons. The fraction of sp³-hybridized carbons (Fsp3) is 0.222. The molecule has 0 atom stereocenters. The summed E-state index contributed by atoms with van der Waals surface area (Å²) in [5.74, 6) is 0.805. The molecule has 0 unspecified atom stereocenters. The molecule has 0 aliphatic carbocycles. The first-order valence-electron chi connectivity index (χ1n) is 7.38. The molecular formula is C18H19N2OS+. The summed E-state index contributed by atoms with van der Waals surface area (Å²) in [4.78, 5) is 11.1. The molecule has 0 spiro atoms. The molecule has 0 amide bonds. The van der Waals surface area contributed by atoms with Crippen molar-refractivity contribution in [3.05, 3.63) is 66.5 Å². The smallest absolute Gasteiger partial charge is 0.245 e. The van der Waals surface area contributed by atoms with Crippen LogP contribution in [0.5, 0.6) is 0 Å². The van der Waals surface area contributed by atoms with Crippen molar-refractivity contribution in [2.75, 3.05) is 5.75 Å². The van der Waals surface area contributed by atoms with E-state index in [1.165, 1.54) is 28.4 Å². The average Bonchev–Trinajstić information content (AvgIpc) is 2.86. The van der Waals surface area contributed by atoms with Crippen LogP contribution in [0.3, 0.4) is 0 Å². The second-order valence-corrected chi connectivity index (χ2v) is 6.52. The fourth-order valence-electron chi connectivity index (χ4n) is 2.61. The maximum atomic E-state index is 11.1. The molecule has 0 N–H and O–H groups in total. The molecular weight excluding hydrogens is 292 g/mol. The summed E-state index contributed by atoms with van der Waals surface area (Å²) in [5, 5.41) is 0.175. The Hall–Kier alpha value is -2.07. The minimum absolute atomic E-state index is 0.175. The van der Waals surface area contributed by atoms with Gasteiger partial charge in [0.25, 0.3) is 0 Å². The Bertz CT molecular complexity index is 780. The number of aromatic nitrogens is 2. The number of nitrogens with zero attached hydrogens (tertiary/aromatic N) is 2. The van der Waals surface area contributed by atoms with Crippen LogP contribution in [0.25, 0.3) is 11.0 Å². The molecule has 0 aliphatic rings. The molecule has 22 heavy (non-hydrogen) atoms. The monoisotopic (exact) mass is 311 g/mol. The number of thioether (sulfide) groups is 1. The van der Waals surface area contributed by atoms with Gasteiger partial charge < -0.3 is 0 Å². The van der Waals surface area contributed by atoms with E-state index in [9.17, 15) is 4.79 Å². The molecule has 0 aliphatic heterocycles. The predicted octanol–water partition coefficient (Wildman–Crippen LogP) is 3.26. The molecule has 4 heteroatoms. The van der Waals surface area contributed by atoms with Crippen molar-refractivity contribution in [2.45, 2.75) is 20.0 Å². The molecule has 3 aromatic rings. The van der Waals surface area contributed by atoms with Crippen LogP contribution >= 0.6 is 11.8 Å². The Labute approximate surface area is 134 Å². The van der Waals surface area contributed by atoms with E-state index < -0.39 is 0 Å². The number of benzene rings is 2. The Morgan fingerprint density at radius 2 is 1.82 bits per heavy atom. The van der Waals surface area contributed by atoms with E-state index in [0.717, 1.165) is 18.8 Å². The number of aryl methyl sites for hydroxylation is 1. The molecule has 0 fully saturated rings. The summed E-state index contributed by atoms with van der Waals surface area (Å²) in [5.41, 5.74) is 3.72. The maximum absolute atomic E-state index is 11.1. The van der Waals surface area contributed by atoms with Gasteiger partial charge in [-0.2, -0.15) is 0 Å². The largest absolute Gasteiger partial charge is 0.288 e. The van der Waals surface area contributed by atoms with Gasteiger partial charge in [-0.3, -0.25) is 4.79 Å². The molecule has 0 saturated carbocycles. The Morgan fingerprint density at radius 1 is 1.09 bits per heavy atom. The summed E-state index contributed by atoms with van der Waals surface area (Å²) >= 11 is 1.38. The summed E-state index contributed by atoms with van der Waals surface area (Å²) in [7, 11) is 0. The lowest BCUT2D eigenvalue weighted by atomic mass is 10.2. The number of carbonyl (C=O) groups excluding carboxylic acids is 1. The molecule has 3 rings (SSSR count). The van der Waals surface area contributed by atoms with Crippen molar-refractivity contribution in [1.82, 2.24) is 4.57 Å². The van der Waals surface area contributed by atoms with E-state index in [4.69, 9.17) is 0 Å². The van der Waals surface area contributed by atoms with E-state index >= 15 is 0 Å². The summed E-state index contributed by atoms with van der Waals surface area (Å²) < 4.78 is 4.50. The lowest BCUT2D eigenvalue weighted by Gasteiger charge is -1.98. The van der Waals surface area contributed by atoms with Gasteiger partial charge in [0.2, 0.25) is 6.33 Å². The van der Waals surface area contributed by atoms with Gasteiger partial charge in [0.1, 0.15) is 13.1 Å². The number of hydrogen-bond donors (Lipinski definition) is 0. The zero-order valence-corrected chi connectivity index (χ0v) is 13.4. The highest BCUT2D eigenvalue weighted by atomic mass is 32.2. The summed E-state index contributed by atoms with van der Waals surface area (Å²) in [6.07, 6.45) is 2.15. The Balaban J connectivity index is 1.88. The zero-order valence-electron chi connectivity index (χ0n) is 12.6. The first-order chi connectivity index (χ1) is 10.7. The third-order valence-corrected chi connectivity index (χ3v) is 4.41. The van der Waals surface area contributed by atoms with Gasteiger partial charge in [-0.05, 0) is 17.7 Å². The number of fused-ring (bicyclic) bond motifs is 1. The van der Waals surface area contributed by atoms with E-state index in [0.29, 0.717) is 0 Å². The number of carbonyl (C=O) groups is 1. The minimum atomic E-state index is 0.175. The average molecular weight is 311 g/mol. The lowest BCUT2D eigenvalue weighted by molar-refractivity contribution is -0.663. The van der Waals surface area contributed by atoms with Gasteiger partial charge in [0.15, 0.2) is 16.1 Å². The van der Waals surface area contributed by atoms with Gasteiger partial charge in [-0.15, -0.1) is 0 Å². The van der Waals surface area contributed by atoms with Gasteiger partial charge in [-0.25, -0.2) is 9.13 Å². The minimum Gasteiger partial charge on any atom is -0.288 e. The van der Waals surface area contributed by atoms with Crippen LogP contribution in [0.15, 0.2) is 60.9 Å². The van der Waals surface area contributed by atoms with Gasteiger partial charge in [0.05, 0.1) is 0 Å². The van der Waals surface area contributed by atoms with E-state index in [-0.39, 0.29) is 5.12 Å². The third kappa shape index (κ3) is 3.39. The van der Waals surface area contributed by atoms with Crippen LogP contribution in [0.2, 0.25) is 0 Å². The van der Waals surface area contributed by atoms with Gasteiger partial charge >= 0.3 is 0 Å². The summed E-state index contributed by atoms with van der Waals surface area (Å²) in [6, 6.07) is 18.9. The van der Waals surface area contributed by atoms with Crippen LogP contribution in [0.1, 0.15) is 12.5 Å². The topological polar surface area (TPSA) is 25.9 Å². The van der Waals surface area contributed by atoms with Crippen molar-refractivity contribution < 1.29 is 9.36 Å². The predicted molar refractivity (Wildman–Crippen MR) is 90.8 cm³/mol. The van der Waals surface area contributed by atoms with E-state index in [2.05, 4.69) is 64.0 Å². The molecule has 2 aromatic carbocycles. The number of para-hydroxylation sites is 2. The summed E-state index contributed by atoms with van der Waals surface area (Å²) in [6.45, 7) is 3.31. The molecule has 3 nitrogen and oxygen atoms in total. The highest BCUT2D eigenvalue weighted by molar-refractivity contribution is 8.13. The Kier molecular flexibility index (Phi) is 4.59. The highest BCUT2D eigenvalue weighted by Crippen LogP contribution is 2.13. The zero-order chi connectivity index (χ0) is 15.4. The Morgan fingerprint density at radius 3 is 2.59 bits per heavy atom. The quantitative estimate of drug-likeness (QED) is 0.676. The molecule has 1 heterocycles. The fourth-order valence-corrected chi connectivity index (χ4v) is 3.19. The molecule has 1 aromatic heterocycles. The maximum Gasteiger partial charge on any atom is 0.245 e. The highest BCUT2D eigenvalue weighted by Gasteiger charge is 2.15. The van der Waals surface area contributed by atoms with Crippen molar-refractivity contribution in [1.29, 1.82) is 0 Å². The molecule has 112 valence electrons. The molecule has 0 saturated heterocycles. The van der Waals surface area contributed by atoms with Crippen LogP contribution < -0.4 is 4.57 Å². The van der Waals surface area contributed by atoms with Crippen molar-refractivity contribution in [3.8, 4) is 0 Å². The second kappa shape index (κ2) is 6.79. The van der Waals surface area contributed by atoms with Gasteiger partial charge in [-0.1, -0.05) is 54.2 Å². The number of imidazole rings is 1. The van der Waals surface area contributed by atoms with Crippen LogP contribution in [0.4, 0.5) is 0 Å². The van der Waals surface area contributed by atoms with Crippen molar-refractivity contribution in [2.24, 2.45) is 0 Å². The normalized spacial score (nSPS) is 11.0. The molecule has 0 bridgehead atoms. The van der Waals surface area contributed by atoms with E-state index in [1.807, 2.05) is 6.07 Å². The lowest BCUT2D eigenvalue weighted by Crippen LogP contribution is -2.32. The van der Waals surface area contributed by atoms with Crippen LogP contribution in [-0.4, -0.2) is 15.4 Å². The number of hydrogen-bond acceptors (Lipinski definition) is 2. The first kappa shape index (κ1) is 14.9. The number of rotatable bonds is 5. The van der Waals surface area contributed by atoms with Crippen LogP contribution in [0, 0.1) is 0 Å². The second-order valence-electron chi connectivity index (χ2n) is 5.25. The first-order valence-corrected chi connectivity index (χ1v) is 8.37. The van der Waals surface area contributed by atoms with Crippen molar-refractivity contribution >= 4 is 27.9 Å². The van der Waals surface area contributed by atoms with Crippen molar-refractivity contribution in [3.63, 3.8) is 0 Å². The van der Waals surface area contributed by atoms with Crippen LogP contribution in [-0.2, 0) is 17.9 Å². The third-order valence-electron chi connectivity index (χ3n) is 3.61. The standard InChI is InChI=1S/C18H19N2OS/c1-15(21)22-12-11-19-14-20(13-16-7-3-2-4-8-16)18-10-6-5-9-17(18)19/h2-10,14H,11-13H2,1H3/q+1. The van der Waals surface area contributed by atoms with E-state index in [1.54, 1.807) is 6.92 Å². The SMILES string of the molecule is CC(=O)SCCn1c[n+](Cc2ccccc2)c2ccccc21.